The Kier molecular flexibility index (Phi) is 4.26. The second kappa shape index (κ2) is 5.67. The van der Waals surface area contributed by atoms with Crippen LogP contribution in [-0.2, 0) is 4.79 Å². The number of amidine groups is 1. The van der Waals surface area contributed by atoms with Crippen LogP contribution in [0.1, 0.15) is 12.5 Å². The number of nitrogens with two attached hydrogens (primary N) is 1. The first-order chi connectivity index (χ1) is 8.40. The fourth-order valence-electron chi connectivity index (χ4n) is 1.40. The Balaban J connectivity index is 0.000000357. The molecule has 18 heavy (non-hydrogen) atoms. The lowest BCUT2D eigenvalue weighted by molar-refractivity contribution is -0.134. The maximum atomic E-state index is 9.24. The minimum Gasteiger partial charge on any atom is -0.508 e. The molecule has 0 aliphatic rings. The van der Waals surface area contributed by atoms with Gasteiger partial charge in [-0.3, -0.25) is 10.2 Å². The minimum atomic E-state index is -0.833. The molecule has 2 aromatic rings. The van der Waals surface area contributed by atoms with E-state index >= 15 is 0 Å². The van der Waals surface area contributed by atoms with Crippen LogP contribution in [0.2, 0.25) is 0 Å². The lowest BCUT2D eigenvalue weighted by Crippen LogP contribution is -2.10. The number of nitrogen functional groups attached to an aromatic ring is 1. The molecule has 0 aliphatic heterocycles. The number of carboxylic acids is 1. The molecule has 0 saturated carbocycles. The largest absolute Gasteiger partial charge is 0.508 e. The first-order valence-electron chi connectivity index (χ1n) is 5.17. The molecule has 0 aromatic heterocycles. The molecule has 5 N–H and O–H groups in total. The molecule has 0 radical (unpaired) electrons. The number of aliphatic carboxylic acids is 1. The number of hydrogen-bond acceptors (Lipinski definition) is 3. The summed E-state index contributed by atoms with van der Waals surface area (Å²) in [5.74, 6) is -0.534. The molecular weight excluding hydrogens is 232 g/mol. The molecule has 0 unspecified atom stereocenters. The number of nitrogens with one attached hydrogen (secondary N) is 1. The second-order valence-electron chi connectivity index (χ2n) is 3.68. The Morgan fingerprint density at radius 1 is 1.17 bits per heavy atom. The Morgan fingerprint density at radius 3 is 2.22 bits per heavy atom. The summed E-state index contributed by atoms with van der Waals surface area (Å²) in [7, 11) is 0. The van der Waals surface area contributed by atoms with Crippen molar-refractivity contribution in [2.24, 2.45) is 5.73 Å². The summed E-state index contributed by atoms with van der Waals surface area (Å²) < 4.78 is 0. The summed E-state index contributed by atoms with van der Waals surface area (Å²) in [5, 5.41) is 25.8. The third kappa shape index (κ3) is 3.79. The first kappa shape index (κ1) is 13.5. The molecule has 0 amide bonds. The van der Waals surface area contributed by atoms with E-state index in [-0.39, 0.29) is 11.6 Å². The number of phenols is 1. The highest BCUT2D eigenvalue weighted by molar-refractivity contribution is 5.99. The molecule has 5 nitrogen and oxygen atoms in total. The molecule has 0 aliphatic carbocycles. The van der Waals surface area contributed by atoms with E-state index in [0.717, 1.165) is 17.7 Å². The molecule has 2 aromatic carbocycles. The molecule has 0 heterocycles. The van der Waals surface area contributed by atoms with Gasteiger partial charge in [-0.15, -0.1) is 0 Å². The normalized spacial score (nSPS) is 9.39. The van der Waals surface area contributed by atoms with Gasteiger partial charge in [-0.25, -0.2) is 0 Å². The predicted octanol–water partition coefficient (Wildman–Crippen LogP) is 1.92. The number of rotatable bonds is 1. The minimum absolute atomic E-state index is 0.0555. The highest BCUT2D eigenvalue weighted by atomic mass is 16.4. The number of phenolic OH excluding ortho intramolecular Hbond substituents is 1. The van der Waals surface area contributed by atoms with E-state index in [4.69, 9.17) is 21.0 Å². The van der Waals surface area contributed by atoms with Gasteiger partial charge in [0.15, 0.2) is 0 Å². The van der Waals surface area contributed by atoms with Crippen molar-refractivity contribution in [3.8, 4) is 5.75 Å². The van der Waals surface area contributed by atoms with Gasteiger partial charge in [-0.1, -0.05) is 18.2 Å². The molecule has 2 rings (SSSR count). The Labute approximate surface area is 104 Å². The smallest absolute Gasteiger partial charge is 0.300 e. The third-order valence-corrected chi connectivity index (χ3v) is 2.13. The summed E-state index contributed by atoms with van der Waals surface area (Å²) in [4.78, 5) is 9.00. The van der Waals surface area contributed by atoms with Crippen LogP contribution in [0, 0.1) is 5.41 Å². The first-order valence-corrected chi connectivity index (χ1v) is 5.17. The summed E-state index contributed by atoms with van der Waals surface area (Å²) in [6.45, 7) is 1.08. The summed E-state index contributed by atoms with van der Waals surface area (Å²) in [6, 6.07) is 10.5. The number of carboxylic acid groups (broad SMARTS) is 1. The molecule has 0 spiro atoms. The average molecular weight is 246 g/mol. The van der Waals surface area contributed by atoms with Gasteiger partial charge in [-0.05, 0) is 29.0 Å². The van der Waals surface area contributed by atoms with E-state index in [1.54, 1.807) is 24.3 Å². The lowest BCUT2D eigenvalue weighted by atomic mass is 10.1. The summed E-state index contributed by atoms with van der Waals surface area (Å²) >= 11 is 0. The van der Waals surface area contributed by atoms with Gasteiger partial charge in [0, 0.05) is 12.5 Å². The van der Waals surface area contributed by atoms with E-state index in [2.05, 4.69) is 0 Å². The van der Waals surface area contributed by atoms with E-state index in [1.807, 2.05) is 12.1 Å². The van der Waals surface area contributed by atoms with Crippen molar-refractivity contribution in [1.29, 1.82) is 5.41 Å². The van der Waals surface area contributed by atoms with Crippen LogP contribution < -0.4 is 5.73 Å². The monoisotopic (exact) mass is 246 g/mol. The fourth-order valence-corrected chi connectivity index (χ4v) is 1.40. The average Bonchev–Trinajstić information content (AvgIpc) is 2.27. The van der Waals surface area contributed by atoms with Crippen LogP contribution in [-0.4, -0.2) is 22.0 Å². The van der Waals surface area contributed by atoms with E-state index in [0.29, 0.717) is 5.56 Å². The SMILES string of the molecule is CC(=O)O.N=C(N)c1ccc2cc(O)ccc2c1. The molecule has 0 bridgehead atoms. The van der Waals surface area contributed by atoms with Crippen molar-refractivity contribution in [3.05, 3.63) is 42.0 Å². The molecule has 5 heteroatoms. The maximum absolute atomic E-state index is 9.24. The second-order valence-corrected chi connectivity index (χ2v) is 3.68. The van der Waals surface area contributed by atoms with Crippen LogP contribution in [0.5, 0.6) is 5.75 Å². The van der Waals surface area contributed by atoms with Crippen LogP contribution >= 0.6 is 0 Å². The zero-order chi connectivity index (χ0) is 13.7. The fraction of sp³-hybridized carbons (Fsp3) is 0.0769. The van der Waals surface area contributed by atoms with Crippen molar-refractivity contribution in [1.82, 2.24) is 0 Å². The zero-order valence-corrected chi connectivity index (χ0v) is 9.84. The summed E-state index contributed by atoms with van der Waals surface area (Å²) in [5.41, 5.74) is 6.07. The maximum Gasteiger partial charge on any atom is 0.300 e. The van der Waals surface area contributed by atoms with Crippen molar-refractivity contribution < 1.29 is 15.0 Å². The summed E-state index contributed by atoms with van der Waals surface area (Å²) in [6.07, 6.45) is 0. The number of aromatic hydroxyl groups is 1. The van der Waals surface area contributed by atoms with Crippen LogP contribution in [0.3, 0.4) is 0 Å². The van der Waals surface area contributed by atoms with Crippen LogP contribution in [0.4, 0.5) is 0 Å². The Bertz CT molecular complexity index is 590. The van der Waals surface area contributed by atoms with Crippen molar-refractivity contribution in [3.63, 3.8) is 0 Å². The Hall–Kier alpha value is -2.56. The third-order valence-electron chi connectivity index (χ3n) is 2.13. The van der Waals surface area contributed by atoms with Gasteiger partial charge >= 0.3 is 0 Å². The molecule has 94 valence electrons. The molecule has 0 atom stereocenters. The van der Waals surface area contributed by atoms with E-state index in [1.165, 1.54) is 0 Å². The van der Waals surface area contributed by atoms with Crippen molar-refractivity contribution >= 4 is 22.6 Å². The quantitative estimate of drug-likeness (QED) is 0.455. The topological polar surface area (TPSA) is 107 Å². The lowest BCUT2D eigenvalue weighted by Gasteiger charge is -2.02. The predicted molar refractivity (Wildman–Crippen MR) is 69.9 cm³/mol. The zero-order valence-electron chi connectivity index (χ0n) is 9.84. The molecule has 0 fully saturated rings. The highest BCUT2D eigenvalue weighted by Crippen LogP contribution is 2.20. The number of fused-ring (bicyclic) bond motifs is 1. The van der Waals surface area contributed by atoms with Gasteiger partial charge in [0.2, 0.25) is 0 Å². The number of hydrogen-bond donors (Lipinski definition) is 4. The molecule has 0 saturated heterocycles. The van der Waals surface area contributed by atoms with Crippen molar-refractivity contribution in [2.45, 2.75) is 6.92 Å². The van der Waals surface area contributed by atoms with Crippen LogP contribution in [0.25, 0.3) is 10.8 Å². The Morgan fingerprint density at radius 2 is 1.67 bits per heavy atom. The highest BCUT2D eigenvalue weighted by Gasteiger charge is 1.99. The number of benzene rings is 2. The van der Waals surface area contributed by atoms with Gasteiger partial charge in [0.25, 0.3) is 5.97 Å². The van der Waals surface area contributed by atoms with Crippen LogP contribution in [0.15, 0.2) is 36.4 Å². The van der Waals surface area contributed by atoms with E-state index in [9.17, 15) is 5.11 Å². The van der Waals surface area contributed by atoms with Gasteiger partial charge in [0.1, 0.15) is 11.6 Å². The van der Waals surface area contributed by atoms with Gasteiger partial charge < -0.3 is 15.9 Å². The van der Waals surface area contributed by atoms with Gasteiger partial charge in [-0.2, -0.15) is 0 Å². The van der Waals surface area contributed by atoms with E-state index < -0.39 is 5.97 Å². The number of carbonyl (C=O) groups is 1. The molecular formula is C13H14N2O3. The van der Waals surface area contributed by atoms with Crippen molar-refractivity contribution in [2.75, 3.05) is 0 Å². The standard InChI is InChI=1S/C11H10N2O.C2H4O2/c12-11(13)9-2-1-8-6-10(14)4-3-7(8)5-9;1-2(3)4/h1-6,14H,(H3,12,13);1H3,(H,3,4). The van der Waals surface area contributed by atoms with Gasteiger partial charge in [0.05, 0.1) is 0 Å².